The second-order valence-corrected chi connectivity index (χ2v) is 8.36. The molecule has 0 heterocycles. The molecule has 6 heteroatoms. The molecule has 1 atom stereocenters. The zero-order valence-corrected chi connectivity index (χ0v) is 20.0. The van der Waals surface area contributed by atoms with Crippen LogP contribution in [0.15, 0.2) is 12.2 Å². The van der Waals surface area contributed by atoms with Crippen LogP contribution < -0.4 is 11.1 Å². The Kier molecular flexibility index (Phi) is 20.1. The van der Waals surface area contributed by atoms with Gasteiger partial charge in [0.1, 0.15) is 6.04 Å². The first-order chi connectivity index (χ1) is 15.0. The monoisotopic (exact) mass is 438 g/mol. The Balaban J connectivity index is 3.56. The van der Waals surface area contributed by atoms with E-state index in [1.165, 1.54) is 77.6 Å². The molecule has 0 spiro atoms. The third-order valence-corrected chi connectivity index (χ3v) is 5.24. The molecular weight excluding hydrogens is 392 g/mol. The van der Waals surface area contributed by atoms with Crippen LogP contribution in [0.3, 0.4) is 0 Å². The smallest absolute Gasteiger partial charge is 0.328 e. The molecule has 0 saturated heterocycles. The third-order valence-electron chi connectivity index (χ3n) is 5.24. The van der Waals surface area contributed by atoms with Crippen LogP contribution in [0.25, 0.3) is 0 Å². The SMILES string of the molecule is CCCCCCCC/C=C\CCCCCCCCOC(=O)[C@H](CCC(N)=O)NC(C)=O. The summed E-state index contributed by atoms with van der Waals surface area (Å²) >= 11 is 0. The van der Waals surface area contributed by atoms with Gasteiger partial charge in [-0.25, -0.2) is 4.79 Å². The van der Waals surface area contributed by atoms with Crippen molar-refractivity contribution in [3.05, 3.63) is 12.2 Å². The predicted molar refractivity (Wildman–Crippen MR) is 126 cm³/mol. The number of ether oxygens (including phenoxy) is 1. The maximum atomic E-state index is 12.1. The Morgan fingerprint density at radius 1 is 0.839 bits per heavy atom. The summed E-state index contributed by atoms with van der Waals surface area (Å²) in [6, 6.07) is -0.806. The fourth-order valence-electron chi connectivity index (χ4n) is 3.40. The molecule has 0 aliphatic rings. The van der Waals surface area contributed by atoms with Crippen LogP contribution >= 0.6 is 0 Å². The highest BCUT2D eigenvalue weighted by Crippen LogP contribution is 2.10. The Labute approximate surface area is 189 Å². The first-order valence-electron chi connectivity index (χ1n) is 12.3. The number of nitrogens with one attached hydrogen (secondary N) is 1. The number of amides is 2. The average molecular weight is 439 g/mol. The van der Waals surface area contributed by atoms with E-state index >= 15 is 0 Å². The van der Waals surface area contributed by atoms with Crippen molar-refractivity contribution in [3.63, 3.8) is 0 Å². The number of hydrogen-bond acceptors (Lipinski definition) is 4. The van der Waals surface area contributed by atoms with Crippen LogP contribution in [0, 0.1) is 0 Å². The van der Waals surface area contributed by atoms with E-state index in [0.29, 0.717) is 6.61 Å². The van der Waals surface area contributed by atoms with Crippen molar-refractivity contribution in [1.29, 1.82) is 0 Å². The van der Waals surface area contributed by atoms with Crippen LogP contribution in [-0.2, 0) is 19.1 Å². The molecule has 0 saturated carbocycles. The number of hydrogen-bond donors (Lipinski definition) is 2. The fourth-order valence-corrected chi connectivity index (χ4v) is 3.40. The highest BCUT2D eigenvalue weighted by molar-refractivity contribution is 5.84. The van der Waals surface area contributed by atoms with Crippen LogP contribution in [0.4, 0.5) is 0 Å². The maximum Gasteiger partial charge on any atom is 0.328 e. The number of esters is 1. The topological polar surface area (TPSA) is 98.5 Å². The molecule has 0 rings (SSSR count). The molecule has 180 valence electrons. The summed E-state index contributed by atoms with van der Waals surface area (Å²) in [5.41, 5.74) is 5.11. The Morgan fingerprint density at radius 3 is 1.87 bits per heavy atom. The molecule has 3 N–H and O–H groups in total. The van der Waals surface area contributed by atoms with Gasteiger partial charge >= 0.3 is 5.97 Å². The summed E-state index contributed by atoms with van der Waals surface area (Å²) in [5.74, 6) is -1.33. The molecule has 0 fully saturated rings. The van der Waals surface area contributed by atoms with Gasteiger partial charge < -0.3 is 15.8 Å². The zero-order chi connectivity index (χ0) is 23.2. The average Bonchev–Trinajstić information content (AvgIpc) is 2.72. The third kappa shape index (κ3) is 21.2. The van der Waals surface area contributed by atoms with E-state index in [0.717, 1.165) is 19.3 Å². The second-order valence-electron chi connectivity index (χ2n) is 8.36. The Morgan fingerprint density at radius 2 is 1.35 bits per heavy atom. The largest absolute Gasteiger partial charge is 0.464 e. The van der Waals surface area contributed by atoms with Crippen LogP contribution in [0.2, 0.25) is 0 Å². The number of unbranched alkanes of at least 4 members (excludes halogenated alkanes) is 12. The predicted octanol–water partition coefficient (Wildman–Crippen LogP) is 5.34. The number of carbonyl (C=O) groups excluding carboxylic acids is 3. The number of allylic oxidation sites excluding steroid dienone is 2. The van der Waals surface area contributed by atoms with Gasteiger partial charge in [-0.15, -0.1) is 0 Å². The van der Waals surface area contributed by atoms with E-state index in [9.17, 15) is 14.4 Å². The van der Waals surface area contributed by atoms with Gasteiger partial charge in [-0.05, 0) is 38.5 Å². The lowest BCUT2D eigenvalue weighted by Gasteiger charge is -2.16. The van der Waals surface area contributed by atoms with E-state index in [-0.39, 0.29) is 18.7 Å². The molecule has 0 radical (unpaired) electrons. The fraction of sp³-hybridized carbons (Fsp3) is 0.800. The molecule has 6 nitrogen and oxygen atoms in total. The van der Waals surface area contributed by atoms with Gasteiger partial charge in [0.2, 0.25) is 11.8 Å². The van der Waals surface area contributed by atoms with Crippen LogP contribution in [0.5, 0.6) is 0 Å². The lowest BCUT2D eigenvalue weighted by Crippen LogP contribution is -2.41. The molecule has 0 bridgehead atoms. The normalized spacial score (nSPS) is 12.1. The first kappa shape index (κ1) is 29.1. The highest BCUT2D eigenvalue weighted by Gasteiger charge is 2.21. The Bertz CT molecular complexity index is 506. The molecule has 0 aromatic carbocycles. The molecule has 0 aromatic heterocycles. The summed E-state index contributed by atoms with van der Waals surface area (Å²) in [4.78, 5) is 34.1. The summed E-state index contributed by atoms with van der Waals surface area (Å²) in [7, 11) is 0. The van der Waals surface area contributed by atoms with E-state index in [1.54, 1.807) is 0 Å². The van der Waals surface area contributed by atoms with Crippen molar-refractivity contribution in [2.75, 3.05) is 6.61 Å². The quantitative estimate of drug-likeness (QED) is 0.144. The van der Waals surface area contributed by atoms with Gasteiger partial charge in [0.25, 0.3) is 0 Å². The minimum atomic E-state index is -0.806. The van der Waals surface area contributed by atoms with Crippen molar-refractivity contribution in [2.45, 2.75) is 123 Å². The van der Waals surface area contributed by atoms with Gasteiger partial charge in [0.05, 0.1) is 6.61 Å². The Hall–Kier alpha value is -1.85. The lowest BCUT2D eigenvalue weighted by atomic mass is 10.1. The summed E-state index contributed by atoms with van der Waals surface area (Å²) in [6.45, 7) is 3.92. The first-order valence-corrected chi connectivity index (χ1v) is 12.3. The maximum absolute atomic E-state index is 12.1. The summed E-state index contributed by atoms with van der Waals surface area (Å²) in [6.07, 6.45) is 22.0. The van der Waals surface area contributed by atoms with Crippen molar-refractivity contribution in [2.24, 2.45) is 5.73 Å². The standard InChI is InChI=1S/C25H46N2O4/c1-3-4-5-6-7-8-9-10-11-12-13-14-15-16-17-18-21-31-25(30)23(27-22(2)28)19-20-24(26)29/h10-11,23H,3-9,12-21H2,1-2H3,(H2,26,29)(H,27,28)/b11-10-/t23-/m0/s1. The summed E-state index contributed by atoms with van der Waals surface area (Å²) in [5, 5.41) is 2.52. The van der Waals surface area contributed by atoms with Crippen molar-refractivity contribution in [1.82, 2.24) is 5.32 Å². The van der Waals surface area contributed by atoms with Crippen LogP contribution in [-0.4, -0.2) is 30.4 Å². The van der Waals surface area contributed by atoms with Crippen LogP contribution in [0.1, 0.15) is 117 Å². The molecular formula is C25H46N2O4. The van der Waals surface area contributed by atoms with Gasteiger partial charge in [-0.1, -0.05) is 76.9 Å². The second kappa shape index (κ2) is 21.4. The highest BCUT2D eigenvalue weighted by atomic mass is 16.5. The van der Waals surface area contributed by atoms with Crippen molar-refractivity contribution in [3.8, 4) is 0 Å². The van der Waals surface area contributed by atoms with E-state index in [1.807, 2.05) is 0 Å². The molecule has 31 heavy (non-hydrogen) atoms. The van der Waals surface area contributed by atoms with Gasteiger partial charge in [-0.2, -0.15) is 0 Å². The van der Waals surface area contributed by atoms with Gasteiger partial charge in [0, 0.05) is 13.3 Å². The van der Waals surface area contributed by atoms with Crippen molar-refractivity contribution >= 4 is 17.8 Å². The van der Waals surface area contributed by atoms with E-state index < -0.39 is 17.9 Å². The molecule has 2 amide bonds. The minimum absolute atomic E-state index is 0.0360. The number of carbonyl (C=O) groups is 3. The van der Waals surface area contributed by atoms with Gasteiger partial charge in [0.15, 0.2) is 0 Å². The van der Waals surface area contributed by atoms with E-state index in [2.05, 4.69) is 24.4 Å². The molecule has 0 aliphatic carbocycles. The number of primary amides is 1. The molecule has 0 unspecified atom stereocenters. The molecule has 0 aromatic rings. The number of nitrogens with two attached hydrogens (primary N) is 1. The summed E-state index contributed by atoms with van der Waals surface area (Å²) < 4.78 is 5.24. The zero-order valence-electron chi connectivity index (χ0n) is 20.0. The van der Waals surface area contributed by atoms with Gasteiger partial charge in [-0.3, -0.25) is 9.59 Å². The minimum Gasteiger partial charge on any atom is -0.464 e. The van der Waals surface area contributed by atoms with E-state index in [4.69, 9.17) is 10.5 Å². The lowest BCUT2D eigenvalue weighted by molar-refractivity contribution is -0.148. The number of rotatable bonds is 21. The molecule has 0 aliphatic heterocycles. The van der Waals surface area contributed by atoms with Crippen molar-refractivity contribution < 1.29 is 19.1 Å².